The van der Waals surface area contributed by atoms with Crippen LogP contribution in [0.3, 0.4) is 0 Å². The number of aromatic hydroxyl groups is 1. The second-order valence-corrected chi connectivity index (χ2v) is 7.29. The molecule has 0 saturated heterocycles. The molecule has 1 aromatic heterocycles. The van der Waals surface area contributed by atoms with E-state index < -0.39 is 5.54 Å². The third kappa shape index (κ3) is 1.85. The first-order chi connectivity index (χ1) is 12.0. The molecule has 3 aromatic rings. The summed E-state index contributed by atoms with van der Waals surface area (Å²) in [6.07, 6.45) is 0.768. The van der Waals surface area contributed by atoms with Crippen molar-refractivity contribution in [3.8, 4) is 5.75 Å². The highest BCUT2D eigenvalue weighted by Crippen LogP contribution is 2.47. The molecule has 6 heteroatoms. The molecule has 2 atom stereocenters. The summed E-state index contributed by atoms with van der Waals surface area (Å²) in [5, 5.41) is 17.9. The van der Waals surface area contributed by atoms with E-state index in [2.05, 4.69) is 22.5 Å². The summed E-state index contributed by atoms with van der Waals surface area (Å²) in [5.41, 5.74) is 3.38. The Hall–Kier alpha value is -2.50. The first-order valence-electron chi connectivity index (χ1n) is 8.22. The summed E-state index contributed by atoms with van der Waals surface area (Å²) in [5.74, 6) is 0.0993. The summed E-state index contributed by atoms with van der Waals surface area (Å²) in [7, 11) is 0. The lowest BCUT2D eigenvalue weighted by atomic mass is 9.80. The Morgan fingerprint density at radius 1 is 1.24 bits per heavy atom. The van der Waals surface area contributed by atoms with Crippen molar-refractivity contribution in [2.75, 3.05) is 5.32 Å². The zero-order valence-electron chi connectivity index (χ0n) is 13.5. The topological polar surface area (TPSA) is 77.2 Å². The Bertz CT molecular complexity index is 1060. The number of hydrogen-bond acceptors (Lipinski definition) is 3. The second-order valence-electron chi connectivity index (χ2n) is 6.85. The Balaban J connectivity index is 1.87. The lowest BCUT2D eigenvalue weighted by Gasteiger charge is -2.37. The molecule has 0 bridgehead atoms. The van der Waals surface area contributed by atoms with Crippen LogP contribution in [0.4, 0.5) is 5.69 Å². The molecule has 25 heavy (non-hydrogen) atoms. The fourth-order valence-corrected chi connectivity index (χ4v) is 4.40. The minimum Gasteiger partial charge on any atom is -0.508 e. The van der Waals surface area contributed by atoms with E-state index in [1.807, 2.05) is 18.2 Å². The van der Waals surface area contributed by atoms with E-state index in [9.17, 15) is 9.90 Å². The number of aromatic nitrogens is 1. The number of halogens is 1. The van der Waals surface area contributed by atoms with Crippen molar-refractivity contribution < 1.29 is 9.90 Å². The monoisotopic (exact) mass is 353 g/mol. The average molecular weight is 354 g/mol. The largest absolute Gasteiger partial charge is 0.508 e. The van der Waals surface area contributed by atoms with Crippen LogP contribution in [0.15, 0.2) is 36.4 Å². The molecule has 5 nitrogen and oxygen atoms in total. The Kier molecular flexibility index (Phi) is 2.83. The number of phenols is 1. The van der Waals surface area contributed by atoms with Gasteiger partial charge in [0.1, 0.15) is 5.75 Å². The van der Waals surface area contributed by atoms with E-state index in [-0.39, 0.29) is 17.7 Å². The van der Waals surface area contributed by atoms with Crippen LogP contribution in [-0.4, -0.2) is 22.0 Å². The van der Waals surface area contributed by atoms with Gasteiger partial charge in [-0.2, -0.15) is 0 Å². The average Bonchev–Trinajstić information content (AvgIpc) is 3.05. The van der Waals surface area contributed by atoms with Crippen LogP contribution in [-0.2, 0) is 16.8 Å². The van der Waals surface area contributed by atoms with Crippen LogP contribution in [0, 0.1) is 0 Å². The van der Waals surface area contributed by atoms with E-state index in [0.29, 0.717) is 5.02 Å². The molecule has 2 aliphatic heterocycles. The van der Waals surface area contributed by atoms with Gasteiger partial charge in [0, 0.05) is 33.2 Å². The third-order valence-electron chi connectivity index (χ3n) is 5.21. The van der Waals surface area contributed by atoms with Gasteiger partial charge in [0.05, 0.1) is 5.69 Å². The molecule has 2 unspecified atom stereocenters. The highest BCUT2D eigenvalue weighted by molar-refractivity contribution is 6.31. The first kappa shape index (κ1) is 14.8. The van der Waals surface area contributed by atoms with Crippen molar-refractivity contribution in [1.29, 1.82) is 0 Å². The number of nitrogens with one attached hydrogen (secondary N) is 3. The number of benzene rings is 2. The molecular formula is C19H16ClN3O2. The molecule has 0 fully saturated rings. The van der Waals surface area contributed by atoms with Crippen LogP contribution in [0.25, 0.3) is 10.9 Å². The van der Waals surface area contributed by atoms with Crippen LogP contribution >= 0.6 is 11.6 Å². The molecular weight excluding hydrogens is 338 g/mol. The molecule has 2 aromatic carbocycles. The number of H-pyrrole nitrogens is 1. The van der Waals surface area contributed by atoms with E-state index in [1.165, 1.54) is 0 Å². The summed E-state index contributed by atoms with van der Waals surface area (Å²) in [6, 6.07) is 10.8. The Morgan fingerprint density at radius 3 is 2.92 bits per heavy atom. The Morgan fingerprint density at radius 2 is 2.08 bits per heavy atom. The zero-order chi connectivity index (χ0) is 17.3. The van der Waals surface area contributed by atoms with Crippen molar-refractivity contribution in [1.82, 2.24) is 10.3 Å². The summed E-state index contributed by atoms with van der Waals surface area (Å²) < 4.78 is 0. The van der Waals surface area contributed by atoms with Gasteiger partial charge in [-0.05, 0) is 55.3 Å². The van der Waals surface area contributed by atoms with Gasteiger partial charge in [-0.25, -0.2) is 0 Å². The molecule has 2 aliphatic rings. The molecule has 4 N–H and O–H groups in total. The minimum atomic E-state index is -0.998. The molecule has 0 radical (unpaired) electrons. The molecule has 3 heterocycles. The van der Waals surface area contributed by atoms with Gasteiger partial charge in [0.25, 0.3) is 5.91 Å². The maximum atomic E-state index is 13.1. The third-order valence-corrected chi connectivity index (χ3v) is 5.45. The van der Waals surface area contributed by atoms with Gasteiger partial charge in [0.2, 0.25) is 0 Å². The molecule has 1 spiro atoms. The van der Waals surface area contributed by atoms with Crippen molar-refractivity contribution in [2.24, 2.45) is 0 Å². The number of anilines is 1. The van der Waals surface area contributed by atoms with Gasteiger partial charge in [-0.15, -0.1) is 0 Å². The van der Waals surface area contributed by atoms with Crippen LogP contribution in [0.2, 0.25) is 5.02 Å². The molecule has 5 rings (SSSR count). The van der Waals surface area contributed by atoms with E-state index >= 15 is 0 Å². The summed E-state index contributed by atoms with van der Waals surface area (Å²) >= 11 is 6.23. The highest BCUT2D eigenvalue weighted by Gasteiger charge is 2.53. The predicted octanol–water partition coefficient (Wildman–Crippen LogP) is 3.26. The predicted molar refractivity (Wildman–Crippen MR) is 97.1 cm³/mol. The van der Waals surface area contributed by atoms with Crippen molar-refractivity contribution in [3.05, 3.63) is 58.2 Å². The van der Waals surface area contributed by atoms with Crippen molar-refractivity contribution in [3.63, 3.8) is 0 Å². The first-order valence-corrected chi connectivity index (χ1v) is 8.60. The Labute approximate surface area is 149 Å². The summed E-state index contributed by atoms with van der Waals surface area (Å²) in [6.45, 7) is 2.06. The molecule has 0 saturated carbocycles. The fraction of sp³-hybridized carbons (Fsp3) is 0.211. The van der Waals surface area contributed by atoms with Gasteiger partial charge in [-0.3, -0.25) is 10.1 Å². The standard InChI is InChI=1S/C19H16ClN3O2/c1-9-6-13-12-8-11(24)3-5-15(12)21-17(13)19(23-9)14-7-10(20)2-4-16(14)22-18(19)25/h2-5,7-9,21,23-24H,6H2,1H3,(H,22,25). The smallest absolute Gasteiger partial charge is 0.255 e. The maximum absolute atomic E-state index is 13.1. The van der Waals surface area contributed by atoms with Gasteiger partial charge in [0.15, 0.2) is 5.54 Å². The second kappa shape index (κ2) is 4.77. The van der Waals surface area contributed by atoms with Crippen LogP contribution in [0.1, 0.15) is 23.7 Å². The number of fused-ring (bicyclic) bond motifs is 6. The van der Waals surface area contributed by atoms with Gasteiger partial charge < -0.3 is 15.4 Å². The number of phenolic OH excluding ortho intramolecular Hbond substituents is 1. The number of carbonyl (C=O) groups excluding carboxylic acids is 1. The fourth-order valence-electron chi connectivity index (χ4n) is 4.23. The van der Waals surface area contributed by atoms with Gasteiger partial charge >= 0.3 is 0 Å². The molecule has 1 amide bonds. The molecule has 126 valence electrons. The number of amides is 1. The number of carbonyl (C=O) groups is 1. The summed E-state index contributed by atoms with van der Waals surface area (Å²) in [4.78, 5) is 16.5. The normalized spacial score (nSPS) is 24.4. The lowest BCUT2D eigenvalue weighted by molar-refractivity contribution is -0.121. The quantitative estimate of drug-likeness (QED) is 0.501. The van der Waals surface area contributed by atoms with Crippen molar-refractivity contribution in [2.45, 2.75) is 24.9 Å². The minimum absolute atomic E-state index is 0.0875. The number of hydrogen-bond donors (Lipinski definition) is 4. The zero-order valence-corrected chi connectivity index (χ0v) is 14.2. The van der Waals surface area contributed by atoms with E-state index in [4.69, 9.17) is 11.6 Å². The maximum Gasteiger partial charge on any atom is 0.255 e. The lowest BCUT2D eigenvalue weighted by Crippen LogP contribution is -2.56. The van der Waals surface area contributed by atoms with Gasteiger partial charge in [-0.1, -0.05) is 11.6 Å². The highest BCUT2D eigenvalue weighted by atomic mass is 35.5. The number of aromatic amines is 1. The van der Waals surface area contributed by atoms with E-state index in [1.54, 1.807) is 18.2 Å². The van der Waals surface area contributed by atoms with E-state index in [0.717, 1.165) is 39.8 Å². The molecule has 0 aliphatic carbocycles. The number of rotatable bonds is 0. The van der Waals surface area contributed by atoms with Crippen LogP contribution < -0.4 is 10.6 Å². The SMILES string of the molecule is CC1Cc2c([nH]c3ccc(O)cc23)C2(N1)C(=O)Nc1ccc(Cl)cc12. The van der Waals surface area contributed by atoms with Crippen LogP contribution in [0.5, 0.6) is 5.75 Å². The van der Waals surface area contributed by atoms with Crippen molar-refractivity contribution >= 4 is 34.1 Å².